The van der Waals surface area contributed by atoms with Gasteiger partial charge < -0.3 is 19.6 Å². The maximum absolute atomic E-state index is 2.39. The molecule has 0 aliphatic carbocycles. The molecule has 4 nitrogen and oxygen atoms in total. The van der Waals surface area contributed by atoms with Gasteiger partial charge in [0.05, 0.1) is 0 Å². The summed E-state index contributed by atoms with van der Waals surface area (Å²) < 4.78 is 0. The summed E-state index contributed by atoms with van der Waals surface area (Å²) in [6, 6.07) is 81.7. The number of hydrogen-bond donors (Lipinski definition) is 0. The lowest BCUT2D eigenvalue weighted by Crippen LogP contribution is -2.13. The highest BCUT2D eigenvalue weighted by Gasteiger charge is 2.20. The first-order chi connectivity index (χ1) is 37.3. The normalized spacial score (nSPS) is 11.1. The highest BCUT2D eigenvalue weighted by Crippen LogP contribution is 2.43. The van der Waals surface area contributed by atoms with Gasteiger partial charge in [0, 0.05) is 68.2 Å². The van der Waals surface area contributed by atoms with Crippen molar-refractivity contribution in [1.82, 2.24) is 0 Å². The molecule has 0 unspecified atom stereocenters. The first kappa shape index (κ1) is 53.0. The van der Waals surface area contributed by atoms with Gasteiger partial charge in [0.1, 0.15) is 0 Å². The van der Waals surface area contributed by atoms with Gasteiger partial charge in [-0.3, -0.25) is 0 Å². The lowest BCUT2D eigenvalue weighted by molar-refractivity contribution is 0.795. The fourth-order valence-corrected chi connectivity index (χ4v) is 10.2. The minimum absolute atomic E-state index is 1.08. The fourth-order valence-electron chi connectivity index (χ4n) is 10.2. The van der Waals surface area contributed by atoms with E-state index in [2.05, 4.69) is 280 Å². The van der Waals surface area contributed by atoms with Gasteiger partial charge in [-0.1, -0.05) is 137 Å². The van der Waals surface area contributed by atoms with Gasteiger partial charge in [-0.2, -0.15) is 0 Å². The summed E-state index contributed by atoms with van der Waals surface area (Å²) in [5, 5.41) is 0. The zero-order valence-electron chi connectivity index (χ0n) is 46.1. The van der Waals surface area contributed by atoms with Crippen LogP contribution in [0.25, 0.3) is 0 Å². The molecule has 9 aromatic carbocycles. The minimum atomic E-state index is 1.08. The molecule has 386 valence electrons. The molecule has 76 heavy (non-hydrogen) atoms. The zero-order valence-corrected chi connectivity index (χ0v) is 46.1. The van der Waals surface area contributed by atoms with E-state index in [0.717, 1.165) is 93.9 Å². The van der Waals surface area contributed by atoms with E-state index in [4.69, 9.17) is 0 Å². The van der Waals surface area contributed by atoms with E-state index in [9.17, 15) is 0 Å². The van der Waals surface area contributed by atoms with Crippen molar-refractivity contribution >= 4 is 68.2 Å². The van der Waals surface area contributed by atoms with Crippen molar-refractivity contribution in [3.05, 3.63) is 252 Å². The van der Waals surface area contributed by atoms with Crippen LogP contribution in [0.4, 0.5) is 68.2 Å². The Balaban J connectivity index is 1.07. The quantitative estimate of drug-likeness (QED) is 0.0598. The number of rotatable bonds is 24. The van der Waals surface area contributed by atoms with E-state index in [1.54, 1.807) is 0 Å². The predicted octanol–water partition coefficient (Wildman–Crippen LogP) is 21.6. The molecule has 0 heterocycles. The highest BCUT2D eigenvalue weighted by molar-refractivity contribution is 5.85. The number of anilines is 12. The van der Waals surface area contributed by atoms with E-state index in [1.807, 2.05) is 0 Å². The molecule has 0 amide bonds. The van der Waals surface area contributed by atoms with Crippen LogP contribution in [-0.4, -0.2) is 0 Å². The van der Waals surface area contributed by atoms with Gasteiger partial charge in [-0.05, 0) is 233 Å². The van der Waals surface area contributed by atoms with Gasteiger partial charge in [-0.25, -0.2) is 0 Å². The van der Waals surface area contributed by atoms with Crippen molar-refractivity contribution in [2.45, 2.75) is 119 Å². The summed E-state index contributed by atoms with van der Waals surface area (Å²) in [5.74, 6) is 0. The molecule has 0 spiro atoms. The molecule has 0 radical (unpaired) electrons. The molecule has 0 saturated carbocycles. The molecule has 9 rings (SSSR count). The van der Waals surface area contributed by atoms with Crippen LogP contribution in [0.2, 0.25) is 0 Å². The predicted molar refractivity (Wildman–Crippen MR) is 329 cm³/mol. The monoisotopic (exact) mass is 999 g/mol. The Bertz CT molecular complexity index is 3090. The molecule has 4 heteroatoms. The van der Waals surface area contributed by atoms with Crippen LogP contribution in [0.1, 0.15) is 112 Å². The van der Waals surface area contributed by atoms with Gasteiger partial charge in [0.2, 0.25) is 0 Å². The first-order valence-electron chi connectivity index (χ1n) is 28.3. The zero-order chi connectivity index (χ0) is 52.6. The number of benzene rings is 9. The van der Waals surface area contributed by atoms with Crippen molar-refractivity contribution in [2.75, 3.05) is 19.6 Å². The Morgan fingerprint density at radius 3 is 0.474 bits per heavy atom. The second-order valence-electron chi connectivity index (χ2n) is 20.6. The van der Waals surface area contributed by atoms with Crippen molar-refractivity contribution in [3.63, 3.8) is 0 Å². The maximum atomic E-state index is 2.39. The third-order valence-corrected chi connectivity index (χ3v) is 14.7. The Morgan fingerprint density at radius 2 is 0.329 bits per heavy atom. The number of hydrogen-bond acceptors (Lipinski definition) is 4. The molecule has 0 aromatic heterocycles. The Morgan fingerprint density at radius 1 is 0.197 bits per heavy atom. The van der Waals surface area contributed by atoms with Crippen LogP contribution in [0.15, 0.2) is 218 Å². The number of unbranched alkanes of at least 4 members (excludes halogenated alkanes) is 4. The molecule has 0 atom stereocenters. The minimum Gasteiger partial charge on any atom is -0.311 e. The molecule has 0 aliphatic rings. The van der Waals surface area contributed by atoms with Crippen LogP contribution in [0, 0.1) is 13.8 Å². The Hall–Kier alpha value is -7.82. The van der Waals surface area contributed by atoms with Crippen molar-refractivity contribution in [3.8, 4) is 0 Å². The summed E-state index contributed by atoms with van der Waals surface area (Å²) in [4.78, 5) is 9.53. The highest BCUT2D eigenvalue weighted by atomic mass is 15.2. The average molecular weight is 999 g/mol. The van der Waals surface area contributed by atoms with Crippen LogP contribution in [0.3, 0.4) is 0 Å². The fraction of sp³-hybridized carbons (Fsp3) is 0.250. The lowest BCUT2D eigenvalue weighted by atomic mass is 10.1. The van der Waals surface area contributed by atoms with E-state index in [1.165, 1.54) is 84.7 Å². The Kier molecular flexibility index (Phi) is 18.2. The van der Waals surface area contributed by atoms with Gasteiger partial charge in [-0.15, -0.1) is 0 Å². The molecule has 0 fully saturated rings. The Labute approximate surface area is 455 Å². The van der Waals surface area contributed by atoms with Gasteiger partial charge in [0.15, 0.2) is 0 Å². The second-order valence-corrected chi connectivity index (χ2v) is 20.6. The van der Waals surface area contributed by atoms with Crippen LogP contribution in [-0.2, 0) is 25.7 Å². The number of nitrogens with zero attached hydrogens (tertiary/aromatic N) is 4. The molecule has 0 saturated heterocycles. The van der Waals surface area contributed by atoms with Crippen molar-refractivity contribution in [1.29, 1.82) is 0 Å². The third kappa shape index (κ3) is 13.2. The molecule has 0 bridgehead atoms. The van der Waals surface area contributed by atoms with E-state index >= 15 is 0 Å². The van der Waals surface area contributed by atoms with E-state index in [0.29, 0.717) is 0 Å². The van der Waals surface area contributed by atoms with E-state index in [-0.39, 0.29) is 0 Å². The molecular weight excluding hydrogens is 921 g/mol. The average Bonchev–Trinajstić information content (AvgIpc) is 3.48. The topological polar surface area (TPSA) is 13.0 Å². The lowest BCUT2D eigenvalue weighted by Gasteiger charge is -2.30. The molecule has 0 aliphatic heterocycles. The van der Waals surface area contributed by atoms with Gasteiger partial charge in [0.25, 0.3) is 0 Å². The molecule has 0 N–H and O–H groups in total. The van der Waals surface area contributed by atoms with Crippen LogP contribution < -0.4 is 19.6 Å². The summed E-state index contributed by atoms with van der Waals surface area (Å²) >= 11 is 0. The standard InChI is InChI=1S/C72H78N4/c1-7-11-15-57-23-35-63(36-24-57)73(61-31-19-55(5)20-32-61)67-43-51-71(52-44-67)76(66-41-29-60(30-42-66)18-14-10-4)72-53-47-69(48-54-72)74(62-33-21-56(6)22-34-62)68-45-49-70(50-46-68)75(64-37-25-58(26-38-64)16-12-8-2)65-39-27-59(28-40-65)17-13-9-3/h19-54H,7-18H2,1-6H3. The molecule has 9 aromatic rings. The second kappa shape index (κ2) is 26.1. The summed E-state index contributed by atoms with van der Waals surface area (Å²) in [6.07, 6.45) is 13.9. The smallest absolute Gasteiger partial charge is 0.0463 e. The SMILES string of the molecule is CCCCc1ccc(N(c2ccc(C)cc2)c2ccc(N(c3ccc(CCCC)cc3)c3ccc(N(c4ccc(C)cc4)c4ccc(N(c5ccc(CCCC)cc5)c5ccc(CCCC)cc5)cc4)cc3)cc2)cc1. The van der Waals surface area contributed by atoms with Crippen LogP contribution >= 0.6 is 0 Å². The van der Waals surface area contributed by atoms with Crippen LogP contribution in [0.5, 0.6) is 0 Å². The largest absolute Gasteiger partial charge is 0.311 e. The maximum Gasteiger partial charge on any atom is 0.0463 e. The third-order valence-electron chi connectivity index (χ3n) is 14.7. The first-order valence-corrected chi connectivity index (χ1v) is 28.3. The van der Waals surface area contributed by atoms with Gasteiger partial charge >= 0.3 is 0 Å². The van der Waals surface area contributed by atoms with E-state index < -0.39 is 0 Å². The summed E-state index contributed by atoms with van der Waals surface area (Å²) in [5.41, 5.74) is 21.4. The number of aryl methyl sites for hydroxylation is 6. The van der Waals surface area contributed by atoms with Crippen molar-refractivity contribution in [2.24, 2.45) is 0 Å². The van der Waals surface area contributed by atoms with Crippen molar-refractivity contribution < 1.29 is 0 Å². The molecular formula is C72H78N4. The summed E-state index contributed by atoms with van der Waals surface area (Å²) in [6.45, 7) is 13.3. The summed E-state index contributed by atoms with van der Waals surface area (Å²) in [7, 11) is 0.